The molecule has 112 valence electrons. The van der Waals surface area contributed by atoms with Gasteiger partial charge in [-0.15, -0.1) is 0 Å². The molecule has 0 radical (unpaired) electrons. The Morgan fingerprint density at radius 3 is 2.48 bits per heavy atom. The molecule has 0 spiro atoms. The van der Waals surface area contributed by atoms with Crippen LogP contribution in [-0.4, -0.2) is 44.1 Å². The highest BCUT2D eigenvalue weighted by Crippen LogP contribution is 2.21. The molecule has 1 aromatic carbocycles. The number of carbonyl (C=O) groups is 2. The summed E-state index contributed by atoms with van der Waals surface area (Å²) in [6.07, 6.45) is 0.189. The van der Waals surface area contributed by atoms with E-state index < -0.39 is 12.1 Å². The number of rotatable bonds is 4. The highest BCUT2D eigenvalue weighted by atomic mass is 16.6. The average molecular weight is 291 g/mol. The van der Waals surface area contributed by atoms with Crippen LogP contribution < -0.4 is 0 Å². The van der Waals surface area contributed by atoms with Crippen LogP contribution in [0, 0.1) is 0 Å². The molecule has 0 saturated heterocycles. The van der Waals surface area contributed by atoms with E-state index in [4.69, 9.17) is 14.2 Å². The lowest BCUT2D eigenvalue weighted by atomic mass is 10.1. The summed E-state index contributed by atoms with van der Waals surface area (Å²) in [6.45, 7) is 0.661. The number of ether oxygens (including phenoxy) is 3. The number of nitrogens with zero attached hydrogens (tertiary/aromatic N) is 1. The molecule has 1 aliphatic heterocycles. The van der Waals surface area contributed by atoms with E-state index in [1.165, 1.54) is 11.2 Å². The smallest absolute Gasteiger partial charge is 0.378 e. The molecule has 0 saturated carbocycles. The minimum Gasteiger partial charge on any atom is -0.493 e. The molecule has 0 aliphatic carbocycles. The van der Waals surface area contributed by atoms with Crippen LogP contribution in [0.5, 0.6) is 0 Å². The summed E-state index contributed by atoms with van der Waals surface area (Å²) in [5.41, 5.74) is 0.599. The van der Waals surface area contributed by atoms with Gasteiger partial charge in [-0.2, -0.15) is 0 Å². The van der Waals surface area contributed by atoms with E-state index >= 15 is 0 Å². The molecule has 6 nitrogen and oxygen atoms in total. The van der Waals surface area contributed by atoms with Crippen molar-refractivity contribution in [1.82, 2.24) is 4.90 Å². The zero-order valence-corrected chi connectivity index (χ0v) is 11.9. The molecule has 0 fully saturated rings. The monoisotopic (exact) mass is 291 g/mol. The van der Waals surface area contributed by atoms with Crippen molar-refractivity contribution in [2.45, 2.75) is 6.10 Å². The van der Waals surface area contributed by atoms with Crippen molar-refractivity contribution < 1.29 is 23.8 Å². The Labute approximate surface area is 122 Å². The molecule has 1 unspecified atom stereocenters. The highest BCUT2D eigenvalue weighted by molar-refractivity contribution is 5.90. The summed E-state index contributed by atoms with van der Waals surface area (Å²) in [7, 11) is 3.21. The molecule has 2 rings (SSSR count). The van der Waals surface area contributed by atoms with E-state index in [1.807, 2.05) is 6.07 Å². The van der Waals surface area contributed by atoms with E-state index in [-0.39, 0.29) is 18.3 Å². The molecule has 0 N–H and O–H groups in total. The number of likely N-dealkylation sites (N-methyl/N-ethyl adjacent to an activating group) is 1. The van der Waals surface area contributed by atoms with Gasteiger partial charge in [0.2, 0.25) is 11.9 Å². The number of benzene rings is 1. The quantitative estimate of drug-likeness (QED) is 0.781. The van der Waals surface area contributed by atoms with E-state index in [0.717, 1.165) is 0 Å². The van der Waals surface area contributed by atoms with Gasteiger partial charge >= 0.3 is 5.97 Å². The zero-order valence-electron chi connectivity index (χ0n) is 11.9. The van der Waals surface area contributed by atoms with E-state index in [9.17, 15) is 9.59 Å². The van der Waals surface area contributed by atoms with E-state index in [1.54, 1.807) is 38.4 Å². The van der Waals surface area contributed by atoms with E-state index in [0.29, 0.717) is 12.2 Å². The van der Waals surface area contributed by atoms with Crippen molar-refractivity contribution in [3.8, 4) is 0 Å². The Hall–Kier alpha value is -2.50. The van der Waals surface area contributed by atoms with Crippen LogP contribution in [-0.2, 0) is 23.8 Å². The van der Waals surface area contributed by atoms with Gasteiger partial charge in [0.05, 0.1) is 0 Å². The maximum Gasteiger partial charge on any atom is 0.378 e. The SMILES string of the molecule is CN(C)C(=O)C(OC(=O)C1=COCCO1)c1ccccc1. The molecule has 1 atom stereocenters. The number of amides is 1. The van der Waals surface area contributed by atoms with Gasteiger partial charge in [-0.05, 0) is 0 Å². The van der Waals surface area contributed by atoms with Crippen LogP contribution in [0.3, 0.4) is 0 Å². The van der Waals surface area contributed by atoms with Crippen molar-refractivity contribution in [3.05, 3.63) is 47.9 Å². The zero-order chi connectivity index (χ0) is 15.2. The summed E-state index contributed by atoms with van der Waals surface area (Å²) < 4.78 is 15.5. The average Bonchev–Trinajstić information content (AvgIpc) is 2.53. The van der Waals surface area contributed by atoms with Gasteiger partial charge in [0, 0.05) is 19.7 Å². The van der Waals surface area contributed by atoms with Crippen LogP contribution in [0.4, 0.5) is 0 Å². The van der Waals surface area contributed by atoms with Gasteiger partial charge in [0.15, 0.2) is 0 Å². The fourth-order valence-electron chi connectivity index (χ4n) is 1.76. The van der Waals surface area contributed by atoms with Gasteiger partial charge in [-0.3, -0.25) is 4.79 Å². The van der Waals surface area contributed by atoms with Crippen molar-refractivity contribution in [2.75, 3.05) is 27.3 Å². The second kappa shape index (κ2) is 6.78. The van der Waals surface area contributed by atoms with Crippen LogP contribution in [0.2, 0.25) is 0 Å². The third-order valence-corrected chi connectivity index (χ3v) is 2.84. The van der Waals surface area contributed by atoms with Crippen molar-refractivity contribution in [1.29, 1.82) is 0 Å². The summed E-state index contributed by atoms with van der Waals surface area (Å²) >= 11 is 0. The van der Waals surface area contributed by atoms with Crippen molar-refractivity contribution >= 4 is 11.9 Å². The number of hydrogen-bond acceptors (Lipinski definition) is 5. The molecule has 1 amide bonds. The van der Waals surface area contributed by atoms with Crippen LogP contribution in [0.1, 0.15) is 11.7 Å². The Bertz CT molecular complexity index is 538. The largest absolute Gasteiger partial charge is 0.493 e. The van der Waals surface area contributed by atoms with Crippen molar-refractivity contribution in [2.24, 2.45) is 0 Å². The summed E-state index contributed by atoms with van der Waals surface area (Å²) in [5.74, 6) is -1.08. The first-order chi connectivity index (χ1) is 10.1. The lowest BCUT2D eigenvalue weighted by Crippen LogP contribution is -2.32. The Morgan fingerprint density at radius 2 is 1.90 bits per heavy atom. The molecular weight excluding hydrogens is 274 g/mol. The topological polar surface area (TPSA) is 65.1 Å². The lowest BCUT2D eigenvalue weighted by molar-refractivity contribution is -0.160. The van der Waals surface area contributed by atoms with Gasteiger partial charge in [-0.25, -0.2) is 4.79 Å². The maximum atomic E-state index is 12.2. The minimum absolute atomic E-state index is 0.0336. The Kier molecular flexibility index (Phi) is 4.81. The summed E-state index contributed by atoms with van der Waals surface area (Å²) in [4.78, 5) is 25.6. The minimum atomic E-state index is -1.01. The third-order valence-electron chi connectivity index (χ3n) is 2.84. The summed E-state index contributed by atoms with van der Waals surface area (Å²) in [5, 5.41) is 0. The number of hydrogen-bond donors (Lipinski definition) is 0. The third kappa shape index (κ3) is 3.75. The lowest BCUT2D eigenvalue weighted by Gasteiger charge is -2.22. The summed E-state index contributed by atoms with van der Waals surface area (Å²) in [6, 6.07) is 8.83. The van der Waals surface area contributed by atoms with Crippen molar-refractivity contribution in [3.63, 3.8) is 0 Å². The Balaban J connectivity index is 2.18. The Morgan fingerprint density at radius 1 is 1.19 bits per heavy atom. The molecule has 0 aromatic heterocycles. The van der Waals surface area contributed by atoms with Crippen LogP contribution in [0.25, 0.3) is 0 Å². The van der Waals surface area contributed by atoms with Crippen LogP contribution >= 0.6 is 0 Å². The first-order valence-corrected chi connectivity index (χ1v) is 6.51. The molecular formula is C15H17NO5. The molecule has 21 heavy (non-hydrogen) atoms. The highest BCUT2D eigenvalue weighted by Gasteiger charge is 2.29. The van der Waals surface area contributed by atoms with Gasteiger partial charge in [-0.1, -0.05) is 30.3 Å². The number of esters is 1. The standard InChI is InChI=1S/C15H17NO5/c1-16(2)14(17)13(11-6-4-3-5-7-11)21-15(18)12-10-19-8-9-20-12/h3-7,10,13H,8-9H2,1-2H3. The second-order valence-corrected chi connectivity index (χ2v) is 4.63. The first-order valence-electron chi connectivity index (χ1n) is 6.51. The van der Waals surface area contributed by atoms with Crippen LogP contribution in [0.15, 0.2) is 42.4 Å². The first kappa shape index (κ1) is 14.9. The maximum absolute atomic E-state index is 12.2. The predicted octanol–water partition coefficient (Wildman–Crippen LogP) is 1.25. The predicted molar refractivity (Wildman–Crippen MR) is 74.0 cm³/mol. The van der Waals surface area contributed by atoms with Gasteiger partial charge < -0.3 is 19.1 Å². The molecule has 1 aromatic rings. The van der Waals surface area contributed by atoms with Gasteiger partial charge in [0.25, 0.3) is 5.91 Å². The fraction of sp³-hybridized carbons (Fsp3) is 0.333. The molecule has 6 heteroatoms. The van der Waals surface area contributed by atoms with E-state index in [2.05, 4.69) is 0 Å². The fourth-order valence-corrected chi connectivity index (χ4v) is 1.76. The second-order valence-electron chi connectivity index (χ2n) is 4.63. The van der Waals surface area contributed by atoms with Gasteiger partial charge in [0.1, 0.15) is 19.5 Å². The normalized spacial score (nSPS) is 15.0. The number of carbonyl (C=O) groups excluding carboxylic acids is 2. The molecule has 1 heterocycles. The molecule has 1 aliphatic rings. The molecule has 0 bridgehead atoms.